The van der Waals surface area contributed by atoms with Gasteiger partial charge in [-0.15, -0.1) is 0 Å². The van der Waals surface area contributed by atoms with Crippen molar-refractivity contribution in [3.05, 3.63) is 34.4 Å². The van der Waals surface area contributed by atoms with Crippen molar-refractivity contribution in [2.24, 2.45) is 29.6 Å². The van der Waals surface area contributed by atoms with Crippen LogP contribution in [0.15, 0.2) is 12.1 Å². The number of imide groups is 2. The average Bonchev–Trinajstić information content (AvgIpc) is 3.46. The van der Waals surface area contributed by atoms with E-state index < -0.39 is 0 Å². The van der Waals surface area contributed by atoms with Gasteiger partial charge in [-0.2, -0.15) is 0 Å². The van der Waals surface area contributed by atoms with Gasteiger partial charge in [0.05, 0.1) is 11.1 Å². The van der Waals surface area contributed by atoms with Crippen LogP contribution in [0.25, 0.3) is 0 Å². The zero-order valence-electron chi connectivity index (χ0n) is 39.4. The minimum Gasteiger partial charge on any atom is -0.299 e. The summed E-state index contributed by atoms with van der Waals surface area (Å²) in [5, 5.41) is 2.26. The van der Waals surface area contributed by atoms with Crippen LogP contribution < -0.4 is 5.32 Å². The first-order valence-electron chi connectivity index (χ1n) is 25.3. The SMILES string of the molecule is CCCCCCCCC1C(CCCCCC)CCC(CCCCCCCCN2C(=O)c3cc(C(C)=O)c(C(C)=O)cc3C2=O)C1CCCCCCCCC(C)CC(=O)NC=O. The van der Waals surface area contributed by atoms with Crippen LogP contribution in [0.2, 0.25) is 0 Å². The number of carbonyl (C=O) groups excluding carboxylic acids is 6. The first-order chi connectivity index (χ1) is 29.5. The summed E-state index contributed by atoms with van der Waals surface area (Å²) < 4.78 is 0. The number of amides is 4. The van der Waals surface area contributed by atoms with Gasteiger partial charge in [-0.1, -0.05) is 175 Å². The summed E-state index contributed by atoms with van der Waals surface area (Å²) in [5.74, 6) is 2.33. The van der Waals surface area contributed by atoms with E-state index in [1.807, 2.05) is 0 Å². The van der Waals surface area contributed by atoms with Crippen LogP contribution in [-0.2, 0) is 9.59 Å². The summed E-state index contributed by atoms with van der Waals surface area (Å²) in [6.07, 6.45) is 38.2. The van der Waals surface area contributed by atoms with Crippen molar-refractivity contribution >= 4 is 35.7 Å². The third kappa shape index (κ3) is 18.2. The van der Waals surface area contributed by atoms with Gasteiger partial charge in [0.25, 0.3) is 11.8 Å². The van der Waals surface area contributed by atoms with E-state index in [0.29, 0.717) is 25.3 Å². The Morgan fingerprint density at radius 2 is 1.00 bits per heavy atom. The lowest BCUT2D eigenvalue weighted by atomic mass is 9.61. The van der Waals surface area contributed by atoms with E-state index in [9.17, 15) is 28.8 Å². The van der Waals surface area contributed by atoms with Crippen LogP contribution in [0.5, 0.6) is 0 Å². The zero-order valence-corrected chi connectivity index (χ0v) is 39.4. The smallest absolute Gasteiger partial charge is 0.261 e. The Hall–Kier alpha value is -3.16. The number of hydrogen-bond acceptors (Lipinski definition) is 6. The predicted molar refractivity (Wildman–Crippen MR) is 249 cm³/mol. The molecule has 344 valence electrons. The molecule has 1 N–H and O–H groups in total. The summed E-state index contributed by atoms with van der Waals surface area (Å²) in [5.41, 5.74) is 0.878. The fourth-order valence-electron chi connectivity index (χ4n) is 10.8. The number of nitrogens with zero attached hydrogens (tertiary/aromatic N) is 1. The molecule has 5 unspecified atom stereocenters. The quantitative estimate of drug-likeness (QED) is 0.0315. The van der Waals surface area contributed by atoms with Gasteiger partial charge in [0.2, 0.25) is 12.3 Å². The van der Waals surface area contributed by atoms with Gasteiger partial charge < -0.3 is 0 Å². The first kappa shape index (κ1) is 52.2. The van der Waals surface area contributed by atoms with Gasteiger partial charge >= 0.3 is 0 Å². The molecule has 1 aliphatic carbocycles. The fourth-order valence-corrected chi connectivity index (χ4v) is 10.8. The van der Waals surface area contributed by atoms with E-state index in [-0.39, 0.29) is 51.5 Å². The van der Waals surface area contributed by atoms with Gasteiger partial charge in [-0.25, -0.2) is 0 Å². The number of rotatable bonds is 35. The topological polar surface area (TPSA) is 118 Å². The molecule has 5 atom stereocenters. The minimum absolute atomic E-state index is 0.170. The van der Waals surface area contributed by atoms with E-state index in [4.69, 9.17) is 0 Å². The lowest BCUT2D eigenvalue weighted by molar-refractivity contribution is -0.125. The van der Waals surface area contributed by atoms with Crippen molar-refractivity contribution in [3.63, 3.8) is 0 Å². The molecule has 0 radical (unpaired) electrons. The minimum atomic E-state index is -0.361. The Kier molecular flexibility index (Phi) is 25.7. The molecular weight excluding hydrogens is 761 g/mol. The summed E-state index contributed by atoms with van der Waals surface area (Å²) >= 11 is 0. The highest BCUT2D eigenvalue weighted by atomic mass is 16.2. The summed E-state index contributed by atoms with van der Waals surface area (Å²) in [6, 6.07) is 2.87. The Morgan fingerprint density at radius 3 is 1.44 bits per heavy atom. The molecule has 1 aromatic rings. The molecule has 8 heteroatoms. The second-order valence-corrected chi connectivity index (χ2v) is 19.3. The number of carbonyl (C=O) groups is 6. The molecule has 0 bridgehead atoms. The molecule has 8 nitrogen and oxygen atoms in total. The lowest BCUT2D eigenvalue weighted by Crippen LogP contribution is -2.35. The fraction of sp³-hybridized carbons (Fsp3) is 0.774. The third-order valence-corrected chi connectivity index (χ3v) is 14.3. The molecule has 4 amide bonds. The largest absolute Gasteiger partial charge is 0.299 e. The first-order valence-corrected chi connectivity index (χ1v) is 25.3. The molecule has 2 aliphatic rings. The summed E-state index contributed by atoms with van der Waals surface area (Å²) in [6.45, 7) is 9.85. The van der Waals surface area contributed by atoms with Crippen LogP contribution in [-0.4, -0.2) is 47.1 Å². The monoisotopic (exact) mass is 847 g/mol. The van der Waals surface area contributed by atoms with Gasteiger partial charge in [0, 0.05) is 24.1 Å². The van der Waals surface area contributed by atoms with Crippen molar-refractivity contribution in [1.82, 2.24) is 10.2 Å². The van der Waals surface area contributed by atoms with E-state index in [0.717, 1.165) is 55.8 Å². The summed E-state index contributed by atoms with van der Waals surface area (Å²) in [4.78, 5) is 74.2. The number of unbranched alkanes of at least 4 members (excludes halogenated alkanes) is 18. The lowest BCUT2D eigenvalue weighted by Gasteiger charge is -2.44. The van der Waals surface area contributed by atoms with Crippen molar-refractivity contribution < 1.29 is 28.8 Å². The number of ketones is 2. The Balaban J connectivity index is 1.49. The second kappa shape index (κ2) is 30.0. The molecule has 61 heavy (non-hydrogen) atoms. The maximum atomic E-state index is 13.2. The molecule has 1 heterocycles. The number of benzene rings is 1. The second-order valence-electron chi connectivity index (χ2n) is 19.3. The van der Waals surface area contributed by atoms with Crippen molar-refractivity contribution in [2.75, 3.05) is 6.54 Å². The molecule has 3 rings (SSSR count). The highest BCUT2D eigenvalue weighted by Gasteiger charge is 2.38. The highest BCUT2D eigenvalue weighted by Crippen LogP contribution is 2.48. The van der Waals surface area contributed by atoms with Gasteiger partial charge in [0.1, 0.15) is 0 Å². The van der Waals surface area contributed by atoms with Crippen LogP contribution in [0.3, 0.4) is 0 Å². The van der Waals surface area contributed by atoms with E-state index in [1.165, 1.54) is 185 Å². The third-order valence-electron chi connectivity index (χ3n) is 14.3. The molecule has 1 fully saturated rings. The van der Waals surface area contributed by atoms with Crippen LogP contribution >= 0.6 is 0 Å². The van der Waals surface area contributed by atoms with E-state index in [2.05, 4.69) is 26.1 Å². The molecule has 0 spiro atoms. The number of nitrogens with one attached hydrogen (secondary N) is 1. The maximum absolute atomic E-state index is 13.2. The maximum Gasteiger partial charge on any atom is 0.261 e. The van der Waals surface area contributed by atoms with E-state index >= 15 is 0 Å². The number of hydrogen-bond donors (Lipinski definition) is 1. The van der Waals surface area contributed by atoms with Gasteiger partial charge in [0.15, 0.2) is 11.6 Å². The standard InChI is InChI=1S/C53H86N2O6/c1-6-8-10-12-19-25-31-45-43(29-23-11-9-7-2)33-34-44(46(45)32-26-20-14-13-17-22-28-40(3)36-51(59)54-39-56)30-24-18-15-16-21-27-35-55-52(60)49-37-47(41(4)57)48(42(5)58)38-50(49)53(55)61/h37-40,43-46H,6-36H2,1-5H3,(H,54,56,59). The molecule has 1 aliphatic heterocycles. The predicted octanol–water partition coefficient (Wildman–Crippen LogP) is 13.8. The zero-order chi connectivity index (χ0) is 44.4. The molecule has 0 saturated heterocycles. The van der Waals surface area contributed by atoms with Crippen LogP contribution in [0.4, 0.5) is 0 Å². The molecule has 1 saturated carbocycles. The normalized spacial score (nSPS) is 19.3. The van der Waals surface area contributed by atoms with Crippen molar-refractivity contribution in [2.45, 2.75) is 227 Å². The molecule has 1 aromatic carbocycles. The Labute approximate surface area is 371 Å². The molecule has 0 aromatic heterocycles. The summed E-state index contributed by atoms with van der Waals surface area (Å²) in [7, 11) is 0. The van der Waals surface area contributed by atoms with Crippen molar-refractivity contribution in [1.29, 1.82) is 0 Å². The highest BCUT2D eigenvalue weighted by molar-refractivity contribution is 6.23. The van der Waals surface area contributed by atoms with Crippen LogP contribution in [0, 0.1) is 29.6 Å². The number of fused-ring (bicyclic) bond motifs is 1. The van der Waals surface area contributed by atoms with Crippen molar-refractivity contribution in [3.8, 4) is 0 Å². The Bertz CT molecular complexity index is 1450. The van der Waals surface area contributed by atoms with Crippen LogP contribution in [0.1, 0.15) is 269 Å². The number of Topliss-reactive ketones (excluding diaryl/α,β-unsaturated/α-hetero) is 2. The average molecular weight is 847 g/mol. The van der Waals surface area contributed by atoms with Gasteiger partial charge in [-0.3, -0.25) is 39.0 Å². The van der Waals surface area contributed by atoms with E-state index in [1.54, 1.807) is 0 Å². The molecular formula is C53H86N2O6. The van der Waals surface area contributed by atoms with Gasteiger partial charge in [-0.05, 0) is 87.7 Å². The Morgan fingerprint density at radius 1 is 0.607 bits per heavy atom.